The van der Waals surface area contributed by atoms with E-state index in [1.807, 2.05) is 72.8 Å². The maximum atomic E-state index is 6.11. The number of hydrogen-bond donors (Lipinski definition) is 0. The molecule has 4 heteroatoms. The van der Waals surface area contributed by atoms with E-state index in [1.54, 1.807) is 0 Å². The fourth-order valence-corrected chi connectivity index (χ4v) is 3.93. The van der Waals surface area contributed by atoms with Crippen molar-refractivity contribution in [1.82, 2.24) is 9.55 Å². The van der Waals surface area contributed by atoms with Gasteiger partial charge in [0.2, 0.25) is 0 Å². The van der Waals surface area contributed by atoms with Crippen molar-refractivity contribution >= 4 is 33.0 Å². The summed E-state index contributed by atoms with van der Waals surface area (Å²) in [7, 11) is 0. The molecule has 29 heavy (non-hydrogen) atoms. The van der Waals surface area contributed by atoms with Crippen LogP contribution in [0.15, 0.2) is 95.4 Å². The monoisotopic (exact) mass is 552 g/mol. The number of para-hydroxylation sites is 3. The molecule has 0 saturated heterocycles. The molecule has 4 aromatic carbocycles. The molecule has 6 aromatic rings. The molecule has 1 radical (unpaired) electrons. The molecule has 2 aromatic heterocycles. The summed E-state index contributed by atoms with van der Waals surface area (Å²) >= 11 is 0. The summed E-state index contributed by atoms with van der Waals surface area (Å²) in [6.07, 6.45) is 0. The molecule has 0 bridgehead atoms. The first-order chi connectivity index (χ1) is 13.9. The number of fused-ring (bicyclic) bond motifs is 4. The summed E-state index contributed by atoms with van der Waals surface area (Å²) in [5.41, 5.74) is 5.81. The molecule has 0 N–H and O–H groups in total. The summed E-state index contributed by atoms with van der Waals surface area (Å²) in [5.74, 6) is 0.875. The van der Waals surface area contributed by atoms with E-state index in [4.69, 9.17) is 9.40 Å². The van der Waals surface area contributed by atoms with E-state index in [1.165, 1.54) is 0 Å². The first-order valence-electron chi connectivity index (χ1n) is 9.25. The van der Waals surface area contributed by atoms with Crippen LogP contribution in [-0.4, -0.2) is 9.55 Å². The molecule has 0 aliphatic carbocycles. The molecule has 0 fully saturated rings. The smallest absolute Gasteiger partial charge is 0.137 e. The van der Waals surface area contributed by atoms with E-state index in [0.29, 0.717) is 0 Å². The van der Waals surface area contributed by atoms with Crippen molar-refractivity contribution in [2.24, 2.45) is 0 Å². The number of hydrogen-bond acceptors (Lipinski definition) is 2. The number of furan rings is 1. The van der Waals surface area contributed by atoms with Crippen LogP contribution in [0.3, 0.4) is 0 Å². The van der Waals surface area contributed by atoms with E-state index < -0.39 is 0 Å². The Morgan fingerprint density at radius 3 is 2.45 bits per heavy atom. The van der Waals surface area contributed by atoms with Crippen molar-refractivity contribution in [2.75, 3.05) is 0 Å². The van der Waals surface area contributed by atoms with Crippen LogP contribution in [0.2, 0.25) is 0 Å². The normalized spacial score (nSPS) is 11.2. The van der Waals surface area contributed by atoms with Crippen LogP contribution < -0.4 is 0 Å². The molecule has 141 valence electrons. The summed E-state index contributed by atoms with van der Waals surface area (Å²) in [5, 5.41) is 2.20. The predicted octanol–water partition coefficient (Wildman–Crippen LogP) is 6.39. The second-order valence-corrected chi connectivity index (χ2v) is 6.78. The minimum Gasteiger partial charge on any atom is -0.456 e. The Morgan fingerprint density at radius 2 is 1.55 bits per heavy atom. The van der Waals surface area contributed by atoms with Gasteiger partial charge in [0, 0.05) is 25.5 Å². The van der Waals surface area contributed by atoms with Gasteiger partial charge in [-0.2, -0.15) is 0 Å². The van der Waals surface area contributed by atoms with E-state index in [9.17, 15) is 0 Å². The van der Waals surface area contributed by atoms with Gasteiger partial charge >= 0.3 is 0 Å². The average Bonchev–Trinajstić information content (AvgIpc) is 3.33. The molecular weight excluding hydrogens is 537 g/mol. The van der Waals surface area contributed by atoms with Gasteiger partial charge in [-0.3, -0.25) is 4.98 Å². The maximum absolute atomic E-state index is 6.11. The minimum absolute atomic E-state index is 0. The van der Waals surface area contributed by atoms with Crippen LogP contribution in [0, 0.1) is 6.07 Å². The van der Waals surface area contributed by atoms with Crippen LogP contribution in [-0.2, 0) is 20.1 Å². The second kappa shape index (κ2) is 7.00. The molecule has 0 amide bonds. The van der Waals surface area contributed by atoms with E-state index in [0.717, 1.165) is 50.0 Å². The SMILES string of the molecule is [Ir].[c-]1ccccc1-c1nc2ccccc2n1-c1cccc2oc3ccccc3c12. The van der Waals surface area contributed by atoms with Gasteiger partial charge in [0.15, 0.2) is 0 Å². The summed E-state index contributed by atoms with van der Waals surface area (Å²) in [6.45, 7) is 0. The van der Waals surface area contributed by atoms with Crippen molar-refractivity contribution in [3.63, 3.8) is 0 Å². The number of nitrogens with zero attached hydrogens (tertiary/aromatic N) is 2. The van der Waals surface area contributed by atoms with Crippen LogP contribution in [0.1, 0.15) is 0 Å². The van der Waals surface area contributed by atoms with Gasteiger partial charge < -0.3 is 8.98 Å². The summed E-state index contributed by atoms with van der Waals surface area (Å²) in [4.78, 5) is 4.93. The fourth-order valence-electron chi connectivity index (χ4n) is 3.93. The zero-order chi connectivity index (χ0) is 18.5. The molecule has 3 nitrogen and oxygen atoms in total. The van der Waals surface area contributed by atoms with Crippen LogP contribution >= 0.6 is 0 Å². The third kappa shape index (κ3) is 2.72. The molecule has 6 rings (SSSR count). The molecular formula is C25H15IrN2O-. The Hall–Kier alpha value is -3.20. The second-order valence-electron chi connectivity index (χ2n) is 6.78. The predicted molar refractivity (Wildman–Crippen MR) is 113 cm³/mol. The third-order valence-electron chi connectivity index (χ3n) is 5.13. The summed E-state index contributed by atoms with van der Waals surface area (Å²) < 4.78 is 8.32. The molecule has 2 heterocycles. The Bertz CT molecular complexity index is 1460. The Morgan fingerprint density at radius 1 is 0.759 bits per heavy atom. The number of aromatic nitrogens is 2. The molecule has 0 aliphatic rings. The van der Waals surface area contributed by atoms with Gasteiger partial charge in [-0.05, 0) is 30.3 Å². The fraction of sp³-hybridized carbons (Fsp3) is 0. The maximum Gasteiger partial charge on any atom is 0.137 e. The van der Waals surface area contributed by atoms with Gasteiger partial charge in [0.05, 0.1) is 27.9 Å². The van der Waals surface area contributed by atoms with E-state index in [-0.39, 0.29) is 20.1 Å². The molecule has 0 spiro atoms. The van der Waals surface area contributed by atoms with Crippen molar-refractivity contribution in [2.45, 2.75) is 0 Å². The number of benzene rings is 4. The number of imidazole rings is 1. The standard InChI is InChI=1S/C25H15N2O.Ir/c1-2-9-17(10-3-1)25-26-19-12-5-6-13-20(19)27(25)21-14-8-16-23-24(21)18-11-4-7-15-22(18)28-23;/h1-9,11-16H;/q-1;. The Kier molecular flexibility index (Phi) is 4.31. The van der Waals surface area contributed by atoms with Crippen molar-refractivity contribution in [3.8, 4) is 17.1 Å². The molecule has 0 aliphatic heterocycles. The van der Waals surface area contributed by atoms with Crippen LogP contribution in [0.5, 0.6) is 0 Å². The third-order valence-corrected chi connectivity index (χ3v) is 5.13. The van der Waals surface area contributed by atoms with Gasteiger partial charge in [-0.15, -0.1) is 35.9 Å². The first kappa shape index (κ1) is 17.9. The van der Waals surface area contributed by atoms with Gasteiger partial charge in [0.25, 0.3) is 0 Å². The average molecular weight is 552 g/mol. The minimum atomic E-state index is 0. The van der Waals surface area contributed by atoms with Crippen molar-refractivity contribution < 1.29 is 24.5 Å². The van der Waals surface area contributed by atoms with E-state index in [2.05, 4.69) is 28.8 Å². The molecule has 0 atom stereocenters. The zero-order valence-corrected chi connectivity index (χ0v) is 17.7. The summed E-state index contributed by atoms with van der Waals surface area (Å²) in [6, 6.07) is 33.9. The van der Waals surface area contributed by atoms with Gasteiger partial charge in [0.1, 0.15) is 11.2 Å². The van der Waals surface area contributed by atoms with E-state index >= 15 is 0 Å². The zero-order valence-electron chi connectivity index (χ0n) is 15.3. The first-order valence-corrected chi connectivity index (χ1v) is 9.25. The van der Waals surface area contributed by atoms with Crippen LogP contribution in [0.25, 0.3) is 50.0 Å². The Labute approximate surface area is 181 Å². The van der Waals surface area contributed by atoms with Gasteiger partial charge in [-0.25, -0.2) is 0 Å². The molecule has 0 unspecified atom stereocenters. The quantitative estimate of drug-likeness (QED) is 0.234. The number of rotatable bonds is 2. The van der Waals surface area contributed by atoms with Crippen molar-refractivity contribution in [1.29, 1.82) is 0 Å². The topological polar surface area (TPSA) is 31.0 Å². The Balaban J connectivity index is 0.00000181. The molecule has 0 saturated carbocycles. The largest absolute Gasteiger partial charge is 0.456 e. The van der Waals surface area contributed by atoms with Gasteiger partial charge in [-0.1, -0.05) is 36.4 Å². The van der Waals surface area contributed by atoms with Crippen LogP contribution in [0.4, 0.5) is 0 Å². The van der Waals surface area contributed by atoms with Crippen molar-refractivity contribution in [3.05, 3.63) is 97.1 Å².